The molecule has 4 heteroatoms. The Balaban J connectivity index is 2.78. The van der Waals surface area contributed by atoms with Crippen molar-refractivity contribution in [2.24, 2.45) is 0 Å². The topological polar surface area (TPSA) is 46.7 Å². The molecule has 0 bridgehead atoms. The molecule has 0 aliphatic heterocycles. The minimum atomic E-state index is -0.722. The van der Waals surface area contributed by atoms with Crippen LogP contribution in [0.15, 0.2) is 30.3 Å². The zero-order chi connectivity index (χ0) is 14.4. The van der Waals surface area contributed by atoms with E-state index in [9.17, 15) is 10.2 Å². The van der Waals surface area contributed by atoms with E-state index in [2.05, 4.69) is 0 Å². The van der Waals surface area contributed by atoms with Gasteiger partial charge in [-0.05, 0) is 23.8 Å². The SMILES string of the molecule is CC(O)[N+](=C/C=C/c1ccc(N(C)C)cc1)C(C)O. The van der Waals surface area contributed by atoms with Crippen LogP contribution in [-0.4, -0.2) is 47.6 Å². The molecule has 1 rings (SSSR count). The molecule has 0 heterocycles. The lowest BCUT2D eigenvalue weighted by molar-refractivity contribution is -0.662. The normalized spacial score (nSPS) is 14.2. The second-order valence-electron chi connectivity index (χ2n) is 4.71. The number of aliphatic hydroxyl groups is 2. The first-order chi connectivity index (χ1) is 8.91. The van der Waals surface area contributed by atoms with Crippen molar-refractivity contribution in [1.29, 1.82) is 0 Å². The van der Waals surface area contributed by atoms with Crippen molar-refractivity contribution in [1.82, 2.24) is 0 Å². The number of aliphatic hydroxyl groups excluding tert-OH is 2. The monoisotopic (exact) mass is 263 g/mol. The maximum absolute atomic E-state index is 9.47. The van der Waals surface area contributed by atoms with Gasteiger partial charge in [0.1, 0.15) is 0 Å². The van der Waals surface area contributed by atoms with Crippen LogP contribution in [-0.2, 0) is 0 Å². The highest BCUT2D eigenvalue weighted by Gasteiger charge is 2.15. The Morgan fingerprint density at radius 1 is 1.05 bits per heavy atom. The van der Waals surface area contributed by atoms with E-state index in [0.717, 1.165) is 11.3 Å². The highest BCUT2D eigenvalue weighted by atomic mass is 16.3. The number of nitrogens with zero attached hydrogens (tertiary/aromatic N) is 2. The van der Waals surface area contributed by atoms with Gasteiger partial charge in [0.25, 0.3) is 12.5 Å². The van der Waals surface area contributed by atoms with Gasteiger partial charge in [0.2, 0.25) is 0 Å². The number of allylic oxidation sites excluding steroid dienone is 1. The van der Waals surface area contributed by atoms with Crippen LogP contribution in [0.1, 0.15) is 19.4 Å². The van der Waals surface area contributed by atoms with E-state index in [0.29, 0.717) is 0 Å². The van der Waals surface area contributed by atoms with Gasteiger partial charge in [-0.3, -0.25) is 0 Å². The van der Waals surface area contributed by atoms with Crippen molar-refractivity contribution in [2.75, 3.05) is 19.0 Å². The lowest BCUT2D eigenvalue weighted by atomic mass is 10.2. The van der Waals surface area contributed by atoms with Crippen molar-refractivity contribution in [3.05, 3.63) is 35.9 Å². The fourth-order valence-electron chi connectivity index (χ4n) is 1.70. The molecule has 0 saturated carbocycles. The molecule has 0 aliphatic rings. The smallest absolute Gasteiger partial charge is 0.254 e. The summed E-state index contributed by atoms with van der Waals surface area (Å²) < 4.78 is 1.46. The van der Waals surface area contributed by atoms with Crippen LogP contribution in [0.4, 0.5) is 5.69 Å². The standard InChI is InChI=1S/C15H23N2O2/c1-12(18)17(13(2)19)11-5-6-14-7-9-15(10-8-14)16(3)4/h5-13,18-19H,1-4H3/q+1. The summed E-state index contributed by atoms with van der Waals surface area (Å²) >= 11 is 0. The molecular weight excluding hydrogens is 240 g/mol. The summed E-state index contributed by atoms with van der Waals surface area (Å²) in [7, 11) is 4.00. The van der Waals surface area contributed by atoms with Crippen LogP contribution in [0.3, 0.4) is 0 Å². The number of anilines is 1. The van der Waals surface area contributed by atoms with E-state index >= 15 is 0 Å². The predicted molar refractivity (Wildman–Crippen MR) is 79.5 cm³/mol. The van der Waals surface area contributed by atoms with Crippen molar-refractivity contribution >= 4 is 18.0 Å². The number of benzene rings is 1. The molecule has 0 aliphatic carbocycles. The van der Waals surface area contributed by atoms with Crippen LogP contribution in [0.25, 0.3) is 6.08 Å². The molecule has 19 heavy (non-hydrogen) atoms. The second-order valence-corrected chi connectivity index (χ2v) is 4.71. The number of rotatable bonds is 5. The third-order valence-corrected chi connectivity index (χ3v) is 2.82. The van der Waals surface area contributed by atoms with E-state index in [1.807, 2.05) is 55.4 Å². The van der Waals surface area contributed by atoms with Gasteiger partial charge in [0.15, 0.2) is 6.21 Å². The first-order valence-corrected chi connectivity index (χ1v) is 6.34. The van der Waals surface area contributed by atoms with Gasteiger partial charge in [-0.2, -0.15) is 4.58 Å². The molecule has 104 valence electrons. The Hall–Kier alpha value is -1.65. The van der Waals surface area contributed by atoms with Crippen molar-refractivity contribution in [2.45, 2.75) is 26.3 Å². The van der Waals surface area contributed by atoms with Gasteiger partial charge < -0.3 is 15.1 Å². The van der Waals surface area contributed by atoms with Crippen molar-refractivity contribution in [3.8, 4) is 0 Å². The van der Waals surface area contributed by atoms with Gasteiger partial charge in [0, 0.05) is 39.7 Å². The van der Waals surface area contributed by atoms with E-state index in [1.54, 1.807) is 20.1 Å². The summed E-state index contributed by atoms with van der Waals surface area (Å²) in [5.74, 6) is 0. The molecule has 0 spiro atoms. The minimum Gasteiger partial charge on any atom is -0.378 e. The Morgan fingerprint density at radius 2 is 1.58 bits per heavy atom. The Bertz CT molecular complexity index is 436. The van der Waals surface area contributed by atoms with E-state index in [4.69, 9.17) is 0 Å². The van der Waals surface area contributed by atoms with Crippen molar-refractivity contribution in [3.63, 3.8) is 0 Å². The quantitative estimate of drug-likeness (QED) is 0.481. The zero-order valence-corrected chi connectivity index (χ0v) is 12.0. The zero-order valence-electron chi connectivity index (χ0n) is 12.0. The first kappa shape index (κ1) is 15.4. The maximum Gasteiger partial charge on any atom is 0.254 e. The fraction of sp³-hybridized carbons (Fsp3) is 0.400. The summed E-state index contributed by atoms with van der Waals surface area (Å²) in [6, 6.07) is 8.13. The maximum atomic E-state index is 9.47. The summed E-state index contributed by atoms with van der Waals surface area (Å²) in [4.78, 5) is 2.04. The summed E-state index contributed by atoms with van der Waals surface area (Å²) in [6.45, 7) is 3.23. The average molecular weight is 263 g/mol. The number of hydrogen-bond donors (Lipinski definition) is 2. The molecule has 0 fully saturated rings. The van der Waals surface area contributed by atoms with E-state index in [1.165, 1.54) is 4.58 Å². The molecule has 1 aromatic carbocycles. The Kier molecular flexibility index (Phi) is 5.73. The molecule has 0 amide bonds. The highest BCUT2D eigenvalue weighted by Crippen LogP contribution is 2.12. The molecule has 4 nitrogen and oxygen atoms in total. The summed E-state index contributed by atoms with van der Waals surface area (Å²) in [5.41, 5.74) is 2.22. The van der Waals surface area contributed by atoms with Crippen molar-refractivity contribution < 1.29 is 14.8 Å². The molecule has 0 radical (unpaired) electrons. The van der Waals surface area contributed by atoms with E-state index < -0.39 is 12.5 Å². The van der Waals surface area contributed by atoms with Gasteiger partial charge in [-0.25, -0.2) is 0 Å². The predicted octanol–water partition coefficient (Wildman–Crippen LogP) is 1.53. The fourth-order valence-corrected chi connectivity index (χ4v) is 1.70. The van der Waals surface area contributed by atoms with Gasteiger partial charge >= 0.3 is 0 Å². The lowest BCUT2D eigenvalue weighted by Crippen LogP contribution is -2.31. The molecule has 1 aromatic rings. The third kappa shape index (κ3) is 4.85. The molecule has 0 aromatic heterocycles. The molecule has 2 unspecified atom stereocenters. The highest BCUT2D eigenvalue weighted by molar-refractivity contribution is 5.75. The van der Waals surface area contributed by atoms with E-state index in [-0.39, 0.29) is 0 Å². The van der Waals surface area contributed by atoms with Crippen LogP contribution >= 0.6 is 0 Å². The van der Waals surface area contributed by atoms with Crippen LogP contribution in [0.2, 0.25) is 0 Å². The summed E-state index contributed by atoms with van der Waals surface area (Å²) in [6.07, 6.45) is 3.97. The van der Waals surface area contributed by atoms with Gasteiger partial charge in [-0.1, -0.05) is 12.1 Å². The van der Waals surface area contributed by atoms with Crippen LogP contribution < -0.4 is 4.90 Å². The Labute approximate surface area is 114 Å². The number of hydrogen-bond acceptors (Lipinski definition) is 3. The molecular formula is C15H23N2O2+. The average Bonchev–Trinajstić information content (AvgIpc) is 2.34. The molecule has 2 N–H and O–H groups in total. The largest absolute Gasteiger partial charge is 0.378 e. The molecule has 0 saturated heterocycles. The Morgan fingerprint density at radius 3 is 2.00 bits per heavy atom. The summed E-state index contributed by atoms with van der Waals surface area (Å²) in [5, 5.41) is 18.9. The molecule has 2 atom stereocenters. The van der Waals surface area contributed by atoms with Crippen LogP contribution in [0, 0.1) is 0 Å². The second kappa shape index (κ2) is 7.07. The van der Waals surface area contributed by atoms with Crippen LogP contribution in [0.5, 0.6) is 0 Å². The van der Waals surface area contributed by atoms with Gasteiger partial charge in [0.05, 0.1) is 0 Å². The first-order valence-electron chi connectivity index (χ1n) is 6.34. The third-order valence-electron chi connectivity index (χ3n) is 2.82. The lowest BCUT2D eigenvalue weighted by Gasteiger charge is -2.11. The minimum absolute atomic E-state index is 0.722. The van der Waals surface area contributed by atoms with Gasteiger partial charge in [-0.15, -0.1) is 0 Å².